The zero-order valence-electron chi connectivity index (χ0n) is 24.1. The van der Waals surface area contributed by atoms with Gasteiger partial charge in [-0.3, -0.25) is 4.79 Å². The van der Waals surface area contributed by atoms with E-state index in [-0.39, 0.29) is 5.91 Å². The lowest BCUT2D eigenvalue weighted by Gasteiger charge is -2.39. The summed E-state index contributed by atoms with van der Waals surface area (Å²) in [5.74, 6) is 0.313. The molecule has 9 heteroatoms. The molecule has 42 heavy (non-hydrogen) atoms. The number of piperazine rings is 1. The fraction of sp³-hybridized carbons (Fsp3) is 0.394. The molecule has 214 valence electrons. The predicted molar refractivity (Wildman–Crippen MR) is 163 cm³/mol. The van der Waals surface area contributed by atoms with Crippen LogP contribution in [0.1, 0.15) is 35.2 Å². The lowest BCUT2D eigenvalue weighted by molar-refractivity contribution is -0.126. The number of aromatic nitrogens is 1. The van der Waals surface area contributed by atoms with Crippen LogP contribution < -0.4 is 14.5 Å². The quantitative estimate of drug-likeness (QED) is 0.419. The molecule has 6 rings (SSSR count). The molecule has 0 saturated carbocycles. The Hall–Kier alpha value is -4.60. The molecular weight excluding hydrogens is 526 g/mol. The second-order valence-electron chi connectivity index (χ2n) is 11.2. The van der Waals surface area contributed by atoms with Crippen LogP contribution in [0.4, 0.5) is 11.4 Å². The van der Waals surface area contributed by atoms with Crippen molar-refractivity contribution in [3.05, 3.63) is 71.4 Å². The van der Waals surface area contributed by atoms with Gasteiger partial charge < -0.3 is 24.3 Å². The van der Waals surface area contributed by atoms with Crippen LogP contribution in [0.25, 0.3) is 10.8 Å². The molecule has 0 aliphatic carbocycles. The van der Waals surface area contributed by atoms with Crippen LogP contribution in [0.2, 0.25) is 0 Å². The van der Waals surface area contributed by atoms with Gasteiger partial charge in [0.05, 0.1) is 29.6 Å². The molecule has 3 aliphatic rings. The van der Waals surface area contributed by atoms with Gasteiger partial charge in [0.15, 0.2) is 0 Å². The first-order valence-electron chi connectivity index (χ1n) is 14.6. The minimum Gasteiger partial charge on any atom is -0.475 e. The van der Waals surface area contributed by atoms with E-state index in [1.807, 2.05) is 30.3 Å². The van der Waals surface area contributed by atoms with E-state index in [1.165, 1.54) is 6.08 Å². The van der Waals surface area contributed by atoms with Crippen molar-refractivity contribution in [3.63, 3.8) is 0 Å². The number of rotatable bonds is 6. The lowest BCUT2D eigenvalue weighted by Crippen LogP contribution is -2.49. The molecule has 1 atom stereocenters. The summed E-state index contributed by atoms with van der Waals surface area (Å²) in [7, 11) is 2.11. The third-order valence-corrected chi connectivity index (χ3v) is 8.92. The summed E-state index contributed by atoms with van der Waals surface area (Å²) in [6, 6.07) is 17.1. The molecule has 3 aromatic rings. The standard InChI is InChI=1S/C33H35N7O2/c1-3-30(41)38-15-17-39(18-16-38)32-26-12-14-40(29-11-5-8-23-7-4-9-24(19-34)31(23)29)21-28(26)36-33(27(32)20-35)42-22-25-10-6-13-37(25)2/h3-5,7-9,11,25H,1,6,10,12-18,21-22H2,2H3. The maximum absolute atomic E-state index is 12.2. The maximum atomic E-state index is 12.2. The summed E-state index contributed by atoms with van der Waals surface area (Å²) >= 11 is 0. The van der Waals surface area contributed by atoms with E-state index < -0.39 is 0 Å². The molecule has 2 aromatic carbocycles. The number of ether oxygens (including phenoxy) is 1. The number of benzene rings is 2. The van der Waals surface area contributed by atoms with Gasteiger partial charge in [0.1, 0.15) is 18.2 Å². The van der Waals surface area contributed by atoms with Gasteiger partial charge in [-0.2, -0.15) is 10.5 Å². The second kappa shape index (κ2) is 11.7. The van der Waals surface area contributed by atoms with E-state index in [0.717, 1.165) is 59.3 Å². The molecule has 0 N–H and O–H groups in total. The number of hydrogen-bond acceptors (Lipinski definition) is 8. The highest BCUT2D eigenvalue weighted by Gasteiger charge is 2.32. The largest absolute Gasteiger partial charge is 0.475 e. The van der Waals surface area contributed by atoms with Gasteiger partial charge in [0.25, 0.3) is 0 Å². The number of carbonyl (C=O) groups excluding carboxylic acids is 1. The molecule has 4 heterocycles. The van der Waals surface area contributed by atoms with Crippen molar-refractivity contribution in [3.8, 4) is 18.0 Å². The molecule has 2 saturated heterocycles. The summed E-state index contributed by atoms with van der Waals surface area (Å²) in [5, 5.41) is 22.3. The van der Waals surface area contributed by atoms with Crippen molar-refractivity contribution >= 4 is 28.1 Å². The van der Waals surface area contributed by atoms with E-state index in [4.69, 9.17) is 9.72 Å². The van der Waals surface area contributed by atoms with Crippen LogP contribution in [-0.4, -0.2) is 79.7 Å². The van der Waals surface area contributed by atoms with Crippen LogP contribution >= 0.6 is 0 Å². The van der Waals surface area contributed by atoms with Gasteiger partial charge >= 0.3 is 0 Å². The first-order chi connectivity index (χ1) is 20.5. The Balaban J connectivity index is 1.39. The Morgan fingerprint density at radius 3 is 2.55 bits per heavy atom. The number of fused-ring (bicyclic) bond motifs is 2. The molecule has 1 unspecified atom stereocenters. The summed E-state index contributed by atoms with van der Waals surface area (Å²) in [6.07, 6.45) is 4.26. The summed E-state index contributed by atoms with van der Waals surface area (Å²) in [6.45, 7) is 8.80. The van der Waals surface area contributed by atoms with Gasteiger partial charge in [-0.05, 0) is 56.4 Å². The van der Waals surface area contributed by atoms with Gasteiger partial charge in [-0.1, -0.05) is 30.8 Å². The number of nitrogens with zero attached hydrogens (tertiary/aromatic N) is 7. The molecule has 9 nitrogen and oxygen atoms in total. The van der Waals surface area contributed by atoms with Crippen LogP contribution in [0.15, 0.2) is 49.1 Å². The van der Waals surface area contributed by atoms with Crippen molar-refractivity contribution in [1.29, 1.82) is 10.5 Å². The Labute approximate surface area is 246 Å². The minimum absolute atomic E-state index is 0.0703. The average Bonchev–Trinajstić information content (AvgIpc) is 3.45. The number of amides is 1. The normalized spacial score (nSPS) is 18.8. The number of anilines is 2. The Bertz CT molecular complexity index is 1610. The van der Waals surface area contributed by atoms with Gasteiger partial charge in [0.2, 0.25) is 11.8 Å². The molecule has 1 amide bonds. The van der Waals surface area contributed by atoms with E-state index in [2.05, 4.69) is 46.5 Å². The zero-order chi connectivity index (χ0) is 29.2. The van der Waals surface area contributed by atoms with Crippen molar-refractivity contribution in [2.24, 2.45) is 0 Å². The highest BCUT2D eigenvalue weighted by Crippen LogP contribution is 2.39. The van der Waals surface area contributed by atoms with Crippen LogP contribution in [0.3, 0.4) is 0 Å². The monoisotopic (exact) mass is 561 g/mol. The molecular formula is C33H35N7O2. The van der Waals surface area contributed by atoms with Crippen molar-refractivity contribution in [2.45, 2.75) is 31.8 Å². The van der Waals surface area contributed by atoms with E-state index in [9.17, 15) is 15.3 Å². The van der Waals surface area contributed by atoms with Crippen LogP contribution in [-0.2, 0) is 17.8 Å². The summed E-state index contributed by atoms with van der Waals surface area (Å²) < 4.78 is 6.36. The van der Waals surface area contributed by atoms with Gasteiger partial charge in [-0.25, -0.2) is 4.98 Å². The van der Waals surface area contributed by atoms with Crippen molar-refractivity contribution in [2.75, 3.05) is 62.7 Å². The molecule has 1 aromatic heterocycles. The Morgan fingerprint density at radius 1 is 1.07 bits per heavy atom. The van der Waals surface area contributed by atoms with Crippen molar-refractivity contribution < 1.29 is 9.53 Å². The minimum atomic E-state index is -0.0703. The molecule has 0 radical (unpaired) electrons. The highest BCUT2D eigenvalue weighted by molar-refractivity contribution is 5.98. The average molecular weight is 562 g/mol. The van der Waals surface area contributed by atoms with Crippen molar-refractivity contribution in [1.82, 2.24) is 14.8 Å². The highest BCUT2D eigenvalue weighted by atomic mass is 16.5. The van der Waals surface area contributed by atoms with E-state index >= 15 is 0 Å². The third kappa shape index (κ3) is 5.01. The van der Waals surface area contributed by atoms with Crippen LogP contribution in [0.5, 0.6) is 5.88 Å². The summed E-state index contributed by atoms with van der Waals surface area (Å²) in [4.78, 5) is 25.9. The lowest BCUT2D eigenvalue weighted by atomic mass is 9.96. The number of nitriles is 2. The number of carbonyl (C=O) groups is 1. The maximum Gasteiger partial charge on any atom is 0.246 e. The summed E-state index contributed by atoms with van der Waals surface area (Å²) in [5.41, 5.74) is 4.98. The van der Waals surface area contributed by atoms with E-state index in [1.54, 1.807) is 4.90 Å². The molecule has 0 spiro atoms. The topological polar surface area (TPSA) is 99.7 Å². The fourth-order valence-corrected chi connectivity index (χ4v) is 6.62. The number of hydrogen-bond donors (Lipinski definition) is 0. The Morgan fingerprint density at radius 2 is 1.86 bits per heavy atom. The first-order valence-corrected chi connectivity index (χ1v) is 14.6. The Kier molecular flexibility index (Phi) is 7.69. The number of pyridine rings is 1. The zero-order valence-corrected chi connectivity index (χ0v) is 24.1. The fourth-order valence-electron chi connectivity index (χ4n) is 6.62. The van der Waals surface area contributed by atoms with Gasteiger partial charge in [0, 0.05) is 55.4 Å². The first kappa shape index (κ1) is 27.6. The van der Waals surface area contributed by atoms with E-state index in [0.29, 0.717) is 68.8 Å². The third-order valence-electron chi connectivity index (χ3n) is 8.92. The number of likely N-dealkylation sites (tertiary alicyclic amines) is 1. The SMILES string of the molecule is C=CC(=O)N1CCN(c2c(C#N)c(OCC3CCCN3C)nc3c2CCN(c2cccc4cccc(C#N)c24)C3)CC1. The van der Waals surface area contributed by atoms with Crippen LogP contribution in [0, 0.1) is 22.7 Å². The molecule has 3 aliphatic heterocycles. The smallest absolute Gasteiger partial charge is 0.246 e. The number of likely N-dealkylation sites (N-methyl/N-ethyl adjacent to an activating group) is 1. The van der Waals surface area contributed by atoms with Gasteiger partial charge in [-0.15, -0.1) is 0 Å². The molecule has 2 fully saturated rings. The second-order valence-corrected chi connectivity index (χ2v) is 11.2. The predicted octanol–water partition coefficient (Wildman–Crippen LogP) is 3.85. The molecule has 0 bridgehead atoms.